The summed E-state index contributed by atoms with van der Waals surface area (Å²) in [6.07, 6.45) is 1.79. The fraction of sp³-hybridized carbons (Fsp3) is 0.391. The summed E-state index contributed by atoms with van der Waals surface area (Å²) in [6.45, 7) is 15.8. The largest absolute Gasteiger partial charge is 0.431 e. The molecule has 0 spiro atoms. The molecule has 3 nitrogen and oxygen atoms in total. The SMILES string of the molecule is Cc1ccc2c(oc3ncccc32)c1-[n+]1c(C(C)(C)C)sc(C(C)C)c1C. The minimum absolute atomic E-state index is 0.0431. The summed E-state index contributed by atoms with van der Waals surface area (Å²) in [5.74, 6) is 0.495. The van der Waals surface area contributed by atoms with Crippen LogP contribution in [0.2, 0.25) is 0 Å². The summed E-state index contributed by atoms with van der Waals surface area (Å²) < 4.78 is 8.71. The van der Waals surface area contributed by atoms with Gasteiger partial charge in [-0.15, -0.1) is 4.57 Å². The van der Waals surface area contributed by atoms with Gasteiger partial charge in [0.15, 0.2) is 5.69 Å². The van der Waals surface area contributed by atoms with Crippen LogP contribution in [0.3, 0.4) is 0 Å². The molecule has 0 fully saturated rings. The van der Waals surface area contributed by atoms with E-state index < -0.39 is 0 Å². The first-order valence-corrected chi connectivity index (χ1v) is 10.3. The normalized spacial score (nSPS) is 12.6. The van der Waals surface area contributed by atoms with Gasteiger partial charge in [-0.3, -0.25) is 0 Å². The Morgan fingerprint density at radius 3 is 2.48 bits per heavy atom. The molecule has 0 aliphatic carbocycles. The molecule has 4 heteroatoms. The van der Waals surface area contributed by atoms with Crippen molar-refractivity contribution in [2.24, 2.45) is 0 Å². The number of hydrogen-bond acceptors (Lipinski definition) is 3. The molecule has 0 saturated carbocycles. The Kier molecular flexibility index (Phi) is 4.15. The molecule has 3 aromatic heterocycles. The average molecular weight is 380 g/mol. The molecule has 0 radical (unpaired) electrons. The lowest BCUT2D eigenvalue weighted by Gasteiger charge is -2.14. The number of fused-ring (bicyclic) bond motifs is 3. The van der Waals surface area contributed by atoms with E-state index in [9.17, 15) is 0 Å². The van der Waals surface area contributed by atoms with Gasteiger partial charge in [0, 0.05) is 29.5 Å². The highest BCUT2D eigenvalue weighted by molar-refractivity contribution is 7.11. The van der Waals surface area contributed by atoms with E-state index >= 15 is 0 Å². The molecular weight excluding hydrogens is 352 g/mol. The summed E-state index contributed by atoms with van der Waals surface area (Å²) in [6, 6.07) is 8.41. The fourth-order valence-corrected chi connectivity index (χ4v) is 5.12. The number of aromatic nitrogens is 2. The third-order valence-corrected chi connectivity index (χ3v) is 7.06. The van der Waals surface area contributed by atoms with Crippen LogP contribution in [0.4, 0.5) is 0 Å². The number of rotatable bonds is 2. The van der Waals surface area contributed by atoms with Crippen LogP contribution in [0.15, 0.2) is 34.9 Å². The van der Waals surface area contributed by atoms with E-state index in [0.29, 0.717) is 11.6 Å². The third kappa shape index (κ3) is 2.78. The van der Waals surface area contributed by atoms with Gasteiger partial charge in [-0.25, -0.2) is 4.98 Å². The molecule has 0 N–H and O–H groups in total. The molecule has 0 aliphatic rings. The van der Waals surface area contributed by atoms with Crippen LogP contribution in [-0.2, 0) is 5.41 Å². The van der Waals surface area contributed by atoms with Gasteiger partial charge in [-0.05, 0) is 51.8 Å². The quantitative estimate of drug-likeness (QED) is 0.379. The van der Waals surface area contributed by atoms with Crippen molar-refractivity contribution in [2.45, 2.75) is 59.8 Å². The second-order valence-corrected chi connectivity index (χ2v) is 9.69. The first-order valence-electron chi connectivity index (χ1n) is 9.53. The molecule has 0 amide bonds. The molecule has 3 heterocycles. The van der Waals surface area contributed by atoms with E-state index in [1.165, 1.54) is 21.1 Å². The number of nitrogens with zero attached hydrogens (tertiary/aromatic N) is 2. The number of benzene rings is 1. The van der Waals surface area contributed by atoms with Crippen molar-refractivity contribution in [3.05, 3.63) is 51.6 Å². The van der Waals surface area contributed by atoms with Crippen LogP contribution in [0.25, 0.3) is 27.8 Å². The fourth-order valence-electron chi connectivity index (χ4n) is 3.82. The predicted octanol–water partition coefficient (Wildman–Crippen LogP) is 6.36. The van der Waals surface area contributed by atoms with E-state index in [1.54, 1.807) is 6.20 Å². The van der Waals surface area contributed by atoms with E-state index in [1.807, 2.05) is 17.4 Å². The maximum atomic E-state index is 6.28. The molecule has 0 atom stereocenters. The lowest BCUT2D eigenvalue weighted by molar-refractivity contribution is -0.608. The van der Waals surface area contributed by atoms with Crippen molar-refractivity contribution in [3.8, 4) is 5.69 Å². The molecule has 140 valence electrons. The van der Waals surface area contributed by atoms with E-state index in [4.69, 9.17) is 4.42 Å². The lowest BCUT2D eigenvalue weighted by Crippen LogP contribution is -2.41. The minimum Gasteiger partial charge on any atom is -0.431 e. The highest BCUT2D eigenvalue weighted by atomic mass is 32.1. The molecule has 0 bridgehead atoms. The third-order valence-electron chi connectivity index (χ3n) is 5.08. The van der Waals surface area contributed by atoms with Crippen LogP contribution in [-0.4, -0.2) is 4.98 Å². The smallest absolute Gasteiger partial charge is 0.258 e. The standard InChI is InChI=1S/C23H27N2OS/c1-13(2)20-15(4)25(22(27-20)23(5,6)7)18-14(3)10-11-16-17-9-8-12-24-21(17)26-19(16)18/h8-13H,1-7H3/q+1. The van der Waals surface area contributed by atoms with Gasteiger partial charge in [0.2, 0.25) is 16.3 Å². The maximum Gasteiger partial charge on any atom is 0.258 e. The Morgan fingerprint density at radius 1 is 1.07 bits per heavy atom. The minimum atomic E-state index is 0.0431. The zero-order valence-electron chi connectivity index (χ0n) is 17.2. The van der Waals surface area contributed by atoms with Gasteiger partial charge in [0.1, 0.15) is 0 Å². The lowest BCUT2D eigenvalue weighted by atomic mass is 9.97. The van der Waals surface area contributed by atoms with Crippen molar-refractivity contribution >= 4 is 33.4 Å². The van der Waals surface area contributed by atoms with Gasteiger partial charge in [-0.2, -0.15) is 0 Å². The number of hydrogen-bond donors (Lipinski definition) is 0. The monoisotopic (exact) mass is 379 g/mol. The van der Waals surface area contributed by atoms with E-state index in [2.05, 4.69) is 76.2 Å². The van der Waals surface area contributed by atoms with Crippen LogP contribution in [0.5, 0.6) is 0 Å². The first-order chi connectivity index (χ1) is 12.7. The van der Waals surface area contributed by atoms with Crippen LogP contribution >= 0.6 is 11.3 Å². The summed E-state index contributed by atoms with van der Waals surface area (Å²) in [5, 5.41) is 3.55. The van der Waals surface area contributed by atoms with E-state index in [-0.39, 0.29) is 5.41 Å². The van der Waals surface area contributed by atoms with Crippen LogP contribution < -0.4 is 4.57 Å². The van der Waals surface area contributed by atoms with Crippen LogP contribution in [0.1, 0.15) is 61.7 Å². The molecule has 27 heavy (non-hydrogen) atoms. The molecular formula is C23H27N2OS+. The second-order valence-electron chi connectivity index (χ2n) is 8.66. The zero-order chi connectivity index (χ0) is 19.5. The van der Waals surface area contributed by atoms with Gasteiger partial charge < -0.3 is 4.42 Å². The van der Waals surface area contributed by atoms with Crippen molar-refractivity contribution in [3.63, 3.8) is 0 Å². The zero-order valence-corrected chi connectivity index (χ0v) is 18.0. The first kappa shape index (κ1) is 18.2. The van der Waals surface area contributed by atoms with Crippen molar-refractivity contribution in [2.75, 3.05) is 0 Å². The van der Waals surface area contributed by atoms with Gasteiger partial charge in [0.05, 0.1) is 10.3 Å². The van der Waals surface area contributed by atoms with E-state index in [0.717, 1.165) is 22.0 Å². The highest BCUT2D eigenvalue weighted by Gasteiger charge is 2.37. The topological polar surface area (TPSA) is 29.9 Å². The molecule has 0 unspecified atom stereocenters. The Labute approximate surface area is 164 Å². The summed E-state index contributed by atoms with van der Waals surface area (Å²) >= 11 is 1.93. The summed E-state index contributed by atoms with van der Waals surface area (Å²) in [5.41, 5.74) is 5.35. The predicted molar refractivity (Wildman–Crippen MR) is 113 cm³/mol. The average Bonchev–Trinajstić information content (AvgIpc) is 3.13. The summed E-state index contributed by atoms with van der Waals surface area (Å²) in [7, 11) is 0. The Morgan fingerprint density at radius 2 is 1.81 bits per heavy atom. The number of pyridine rings is 1. The Balaban J connectivity index is 2.16. The van der Waals surface area contributed by atoms with Crippen molar-refractivity contribution in [1.82, 2.24) is 4.98 Å². The second kappa shape index (κ2) is 6.16. The Hall–Kier alpha value is -2.20. The molecule has 0 saturated heterocycles. The highest BCUT2D eigenvalue weighted by Crippen LogP contribution is 2.37. The van der Waals surface area contributed by atoms with Gasteiger partial charge in [-0.1, -0.05) is 31.3 Å². The molecule has 1 aromatic carbocycles. The number of aryl methyl sites for hydroxylation is 1. The van der Waals surface area contributed by atoms with Crippen molar-refractivity contribution < 1.29 is 8.98 Å². The van der Waals surface area contributed by atoms with Gasteiger partial charge >= 0.3 is 0 Å². The number of thiazole rings is 1. The molecule has 4 rings (SSSR count). The van der Waals surface area contributed by atoms with Crippen molar-refractivity contribution in [1.29, 1.82) is 0 Å². The molecule has 0 aliphatic heterocycles. The summed E-state index contributed by atoms with van der Waals surface area (Å²) in [4.78, 5) is 5.87. The molecule has 4 aromatic rings. The Bertz CT molecular complexity index is 1160. The van der Waals surface area contributed by atoms with Crippen LogP contribution in [0, 0.1) is 13.8 Å². The maximum absolute atomic E-state index is 6.28. The van der Waals surface area contributed by atoms with Gasteiger partial charge in [0.25, 0.3) is 5.69 Å². The number of furan rings is 1.